The third kappa shape index (κ3) is 4.13. The van der Waals surface area contributed by atoms with E-state index in [-0.39, 0.29) is 11.5 Å². The Kier molecular flexibility index (Phi) is 5.94. The average Bonchev–Trinajstić information content (AvgIpc) is 3.17. The molecule has 31 heavy (non-hydrogen) atoms. The first-order chi connectivity index (χ1) is 14.9. The number of rotatable bonds is 5. The van der Waals surface area contributed by atoms with Gasteiger partial charge in [-0.25, -0.2) is 4.98 Å². The fourth-order valence-corrected chi connectivity index (χ4v) is 4.41. The number of hydrogen-bond donors (Lipinski definition) is 0. The van der Waals surface area contributed by atoms with Crippen LogP contribution in [0, 0.1) is 6.92 Å². The molecule has 5 nitrogen and oxygen atoms in total. The second-order valence-corrected chi connectivity index (χ2v) is 9.27. The molecule has 0 N–H and O–H groups in total. The van der Waals surface area contributed by atoms with Gasteiger partial charge in [-0.15, -0.1) is 11.3 Å². The third-order valence-electron chi connectivity index (χ3n) is 5.09. The quantitative estimate of drug-likeness (QED) is 0.344. The number of nitrogens with zero attached hydrogens (tertiary/aromatic N) is 3. The van der Waals surface area contributed by atoms with Crippen molar-refractivity contribution in [1.29, 1.82) is 0 Å². The zero-order valence-corrected chi connectivity index (χ0v) is 19.3. The first-order valence-electron chi connectivity index (χ1n) is 9.89. The lowest BCUT2D eigenvalue weighted by molar-refractivity contribution is 0.407. The summed E-state index contributed by atoms with van der Waals surface area (Å²) in [5.41, 5.74) is 3.25. The summed E-state index contributed by atoms with van der Waals surface area (Å²) in [7, 11) is 1.67. The van der Waals surface area contributed by atoms with Gasteiger partial charge < -0.3 is 4.74 Å². The van der Waals surface area contributed by atoms with Crippen LogP contribution in [0.4, 0.5) is 0 Å². The highest BCUT2D eigenvalue weighted by molar-refractivity contribution is 7.17. The van der Waals surface area contributed by atoms with Gasteiger partial charge in [0.05, 0.1) is 28.6 Å². The van der Waals surface area contributed by atoms with Crippen LogP contribution in [0.25, 0.3) is 22.3 Å². The molecule has 0 atom stereocenters. The van der Waals surface area contributed by atoms with Crippen molar-refractivity contribution in [2.75, 3.05) is 7.11 Å². The van der Waals surface area contributed by atoms with Crippen molar-refractivity contribution in [2.24, 2.45) is 5.10 Å². The summed E-state index contributed by atoms with van der Waals surface area (Å²) < 4.78 is 7.62. The Bertz CT molecular complexity index is 1350. The minimum Gasteiger partial charge on any atom is -0.496 e. The largest absolute Gasteiger partial charge is 0.496 e. The highest BCUT2D eigenvalue weighted by Crippen LogP contribution is 2.34. The Morgan fingerprint density at radius 2 is 1.97 bits per heavy atom. The Balaban J connectivity index is 2.00. The number of aromatic nitrogens is 2. The Morgan fingerprint density at radius 1 is 1.19 bits per heavy atom. The summed E-state index contributed by atoms with van der Waals surface area (Å²) in [6.07, 6.45) is 1.64. The van der Waals surface area contributed by atoms with Gasteiger partial charge in [0.1, 0.15) is 5.75 Å². The molecular formula is C24H22ClN3O2S. The summed E-state index contributed by atoms with van der Waals surface area (Å²) in [6, 6.07) is 15.0. The summed E-state index contributed by atoms with van der Waals surface area (Å²) >= 11 is 7.44. The zero-order chi connectivity index (χ0) is 22.1. The van der Waals surface area contributed by atoms with Gasteiger partial charge in [-0.05, 0) is 60.4 Å². The van der Waals surface area contributed by atoms with Gasteiger partial charge in [0.2, 0.25) is 0 Å². The van der Waals surface area contributed by atoms with E-state index in [4.69, 9.17) is 21.3 Å². The molecule has 7 heteroatoms. The van der Waals surface area contributed by atoms with Gasteiger partial charge in [0, 0.05) is 10.4 Å². The number of benzene rings is 2. The van der Waals surface area contributed by atoms with Crippen molar-refractivity contribution in [2.45, 2.75) is 26.7 Å². The number of aryl methyl sites for hydroxylation is 1. The number of fused-ring (bicyclic) bond motifs is 1. The molecule has 0 saturated carbocycles. The van der Waals surface area contributed by atoms with Crippen LogP contribution in [0.1, 0.15) is 35.8 Å². The lowest BCUT2D eigenvalue weighted by atomic mass is 9.96. The van der Waals surface area contributed by atoms with E-state index in [2.05, 4.69) is 18.9 Å². The van der Waals surface area contributed by atoms with Crippen molar-refractivity contribution in [3.05, 3.63) is 79.2 Å². The molecule has 4 aromatic rings. The van der Waals surface area contributed by atoms with Gasteiger partial charge in [-0.1, -0.05) is 37.6 Å². The Morgan fingerprint density at radius 3 is 2.65 bits per heavy atom. The molecule has 0 spiro atoms. The van der Waals surface area contributed by atoms with Crippen LogP contribution in [0.2, 0.25) is 4.34 Å². The zero-order valence-electron chi connectivity index (χ0n) is 17.7. The first-order valence-corrected chi connectivity index (χ1v) is 11.1. The van der Waals surface area contributed by atoms with E-state index < -0.39 is 0 Å². The molecule has 0 aliphatic rings. The van der Waals surface area contributed by atoms with E-state index in [9.17, 15) is 4.79 Å². The SMILES string of the molecule is COc1cc(C)c(-c2nc3ccccc3c(=O)n2N=Cc2ccc(Cl)s2)cc1C(C)C. The van der Waals surface area contributed by atoms with E-state index >= 15 is 0 Å². The van der Waals surface area contributed by atoms with Crippen molar-refractivity contribution in [3.8, 4) is 17.1 Å². The van der Waals surface area contributed by atoms with Crippen LogP contribution in [0.5, 0.6) is 5.75 Å². The predicted octanol–water partition coefficient (Wildman–Crippen LogP) is 6.10. The maximum atomic E-state index is 13.4. The van der Waals surface area contributed by atoms with Gasteiger partial charge >= 0.3 is 0 Å². The first kappa shape index (κ1) is 21.3. The number of para-hydroxylation sites is 1. The summed E-state index contributed by atoms with van der Waals surface area (Å²) in [4.78, 5) is 19.0. The van der Waals surface area contributed by atoms with Crippen LogP contribution >= 0.6 is 22.9 Å². The molecule has 0 aliphatic heterocycles. The van der Waals surface area contributed by atoms with Crippen LogP contribution in [-0.4, -0.2) is 23.0 Å². The molecule has 0 fully saturated rings. The van der Waals surface area contributed by atoms with E-state index in [1.807, 2.05) is 43.3 Å². The number of ether oxygens (including phenoxy) is 1. The Hall–Kier alpha value is -2.96. The molecule has 2 aromatic carbocycles. The second-order valence-electron chi connectivity index (χ2n) is 7.52. The highest BCUT2D eigenvalue weighted by atomic mass is 35.5. The van der Waals surface area contributed by atoms with Gasteiger partial charge in [-0.2, -0.15) is 9.78 Å². The van der Waals surface area contributed by atoms with E-state index in [0.717, 1.165) is 27.3 Å². The minimum absolute atomic E-state index is 0.221. The molecule has 0 unspecified atom stereocenters. The molecule has 0 amide bonds. The minimum atomic E-state index is -0.221. The van der Waals surface area contributed by atoms with Crippen LogP contribution in [0.15, 0.2) is 58.4 Å². The van der Waals surface area contributed by atoms with Gasteiger partial charge in [-0.3, -0.25) is 4.79 Å². The van der Waals surface area contributed by atoms with Crippen molar-refractivity contribution >= 4 is 40.1 Å². The van der Waals surface area contributed by atoms with Crippen molar-refractivity contribution < 1.29 is 4.74 Å². The van der Waals surface area contributed by atoms with Gasteiger partial charge in [0.25, 0.3) is 5.56 Å². The number of thiophene rings is 1. The van der Waals surface area contributed by atoms with E-state index in [1.54, 1.807) is 25.5 Å². The van der Waals surface area contributed by atoms with Crippen molar-refractivity contribution in [3.63, 3.8) is 0 Å². The van der Waals surface area contributed by atoms with E-state index in [0.29, 0.717) is 21.1 Å². The highest BCUT2D eigenvalue weighted by Gasteiger charge is 2.18. The molecule has 4 rings (SSSR count). The standard InChI is InChI=1S/C24H22ClN3O2S/c1-14(2)18-12-19(15(3)11-21(18)30-4)23-27-20-8-6-5-7-17(20)24(29)28(23)26-13-16-9-10-22(25)31-16/h5-14H,1-4H3. The van der Waals surface area contributed by atoms with Gasteiger partial charge in [0.15, 0.2) is 5.82 Å². The molecule has 0 radical (unpaired) electrons. The molecule has 0 bridgehead atoms. The fraction of sp³-hybridized carbons (Fsp3) is 0.208. The molecule has 0 saturated heterocycles. The molecule has 158 valence electrons. The van der Waals surface area contributed by atoms with Crippen LogP contribution in [0.3, 0.4) is 0 Å². The molecule has 0 aliphatic carbocycles. The number of methoxy groups -OCH3 is 1. The smallest absolute Gasteiger partial charge is 0.282 e. The van der Waals surface area contributed by atoms with Crippen LogP contribution < -0.4 is 10.3 Å². The van der Waals surface area contributed by atoms with E-state index in [1.165, 1.54) is 16.0 Å². The second kappa shape index (κ2) is 8.65. The third-order valence-corrected chi connectivity index (χ3v) is 6.25. The fourth-order valence-electron chi connectivity index (χ4n) is 3.48. The lowest BCUT2D eigenvalue weighted by Gasteiger charge is -2.17. The maximum absolute atomic E-state index is 13.4. The predicted molar refractivity (Wildman–Crippen MR) is 129 cm³/mol. The summed E-state index contributed by atoms with van der Waals surface area (Å²) in [5, 5.41) is 5.03. The molecular weight excluding hydrogens is 430 g/mol. The number of halogens is 1. The number of hydrogen-bond acceptors (Lipinski definition) is 5. The normalized spacial score (nSPS) is 11.7. The molecule has 2 heterocycles. The summed E-state index contributed by atoms with van der Waals surface area (Å²) in [6.45, 7) is 6.20. The summed E-state index contributed by atoms with van der Waals surface area (Å²) in [5.74, 6) is 1.55. The monoisotopic (exact) mass is 451 g/mol. The Labute approximate surface area is 189 Å². The lowest BCUT2D eigenvalue weighted by Crippen LogP contribution is -2.20. The van der Waals surface area contributed by atoms with Crippen molar-refractivity contribution in [1.82, 2.24) is 9.66 Å². The topological polar surface area (TPSA) is 56.5 Å². The maximum Gasteiger partial charge on any atom is 0.282 e. The molecule has 2 aromatic heterocycles. The average molecular weight is 452 g/mol. The van der Waals surface area contributed by atoms with Crippen LogP contribution in [-0.2, 0) is 0 Å².